The summed E-state index contributed by atoms with van der Waals surface area (Å²) in [6.07, 6.45) is 9.41. The quantitative estimate of drug-likeness (QED) is 0.295. The van der Waals surface area contributed by atoms with Gasteiger partial charge in [0.1, 0.15) is 18.7 Å². The molecule has 6 nitrogen and oxygen atoms in total. The van der Waals surface area contributed by atoms with Crippen LogP contribution < -0.4 is 5.73 Å². The zero-order chi connectivity index (χ0) is 23.8. The van der Waals surface area contributed by atoms with Crippen LogP contribution in [0.4, 0.5) is 0 Å². The van der Waals surface area contributed by atoms with E-state index in [0.717, 1.165) is 47.8 Å². The number of pyridine rings is 1. The van der Waals surface area contributed by atoms with Crippen LogP contribution in [0.5, 0.6) is 0 Å². The van der Waals surface area contributed by atoms with Gasteiger partial charge in [-0.2, -0.15) is 0 Å². The highest BCUT2D eigenvalue weighted by molar-refractivity contribution is 6.76. The van der Waals surface area contributed by atoms with E-state index in [-0.39, 0.29) is 5.41 Å². The molecular formula is C27H33N5OSi. The van der Waals surface area contributed by atoms with Crippen LogP contribution >= 0.6 is 0 Å². The van der Waals surface area contributed by atoms with Crippen LogP contribution in [0.2, 0.25) is 25.7 Å². The number of hydrogen-bond acceptors (Lipinski definition) is 5. The third-order valence-electron chi connectivity index (χ3n) is 6.98. The van der Waals surface area contributed by atoms with Crippen LogP contribution in [0.1, 0.15) is 16.7 Å². The molecule has 3 heterocycles. The van der Waals surface area contributed by atoms with Crippen molar-refractivity contribution in [2.45, 2.75) is 50.7 Å². The summed E-state index contributed by atoms with van der Waals surface area (Å²) in [4.78, 5) is 13.6. The molecule has 1 aliphatic carbocycles. The topological polar surface area (TPSA) is 78.9 Å². The predicted molar refractivity (Wildman–Crippen MR) is 139 cm³/mol. The number of fused-ring (bicyclic) bond motifs is 2. The minimum absolute atomic E-state index is 0.107. The molecule has 7 heteroatoms. The summed E-state index contributed by atoms with van der Waals surface area (Å²) in [7, 11) is -1.11. The number of ether oxygens (including phenoxy) is 1. The van der Waals surface area contributed by atoms with Gasteiger partial charge in [0, 0.05) is 56.2 Å². The van der Waals surface area contributed by atoms with E-state index in [4.69, 9.17) is 10.5 Å². The summed E-state index contributed by atoms with van der Waals surface area (Å²) in [5.41, 5.74) is 13.1. The molecule has 0 spiro atoms. The van der Waals surface area contributed by atoms with Crippen molar-refractivity contribution in [1.29, 1.82) is 0 Å². The number of benzene rings is 1. The van der Waals surface area contributed by atoms with Crippen LogP contribution in [0.15, 0.2) is 61.3 Å². The van der Waals surface area contributed by atoms with E-state index in [1.165, 1.54) is 16.7 Å². The average molecular weight is 472 g/mol. The minimum atomic E-state index is -1.11. The van der Waals surface area contributed by atoms with Crippen molar-refractivity contribution < 1.29 is 4.74 Å². The van der Waals surface area contributed by atoms with E-state index in [1.54, 1.807) is 6.33 Å². The Balaban J connectivity index is 1.43. The third-order valence-corrected chi connectivity index (χ3v) is 8.69. The van der Waals surface area contributed by atoms with Crippen molar-refractivity contribution >= 4 is 19.1 Å². The van der Waals surface area contributed by atoms with Crippen LogP contribution in [0, 0.1) is 0 Å². The molecule has 4 aromatic rings. The Labute approximate surface area is 202 Å². The molecule has 0 radical (unpaired) electrons. The summed E-state index contributed by atoms with van der Waals surface area (Å²) >= 11 is 0. The minimum Gasteiger partial charge on any atom is -0.361 e. The van der Waals surface area contributed by atoms with Crippen LogP contribution in [-0.2, 0) is 29.7 Å². The highest BCUT2D eigenvalue weighted by atomic mass is 28.3. The first-order chi connectivity index (χ1) is 16.4. The van der Waals surface area contributed by atoms with Crippen molar-refractivity contribution in [3.63, 3.8) is 0 Å². The Morgan fingerprint density at radius 2 is 1.94 bits per heavy atom. The Morgan fingerprint density at radius 1 is 1.09 bits per heavy atom. The Kier molecular flexibility index (Phi) is 6.10. The number of nitrogens with zero attached hydrogens (tertiary/aromatic N) is 4. The lowest BCUT2D eigenvalue weighted by Gasteiger charge is -2.28. The molecule has 5 rings (SSSR count). The van der Waals surface area contributed by atoms with Crippen molar-refractivity contribution in [1.82, 2.24) is 19.5 Å². The molecule has 1 aromatic carbocycles. The molecule has 2 N–H and O–H groups in total. The van der Waals surface area contributed by atoms with E-state index < -0.39 is 8.07 Å². The molecule has 1 unspecified atom stereocenters. The highest BCUT2D eigenvalue weighted by Crippen LogP contribution is 2.40. The molecule has 0 fully saturated rings. The number of hydrogen-bond donors (Lipinski definition) is 1. The van der Waals surface area contributed by atoms with Crippen LogP contribution in [0.25, 0.3) is 22.3 Å². The molecule has 1 aliphatic rings. The summed E-state index contributed by atoms with van der Waals surface area (Å²) in [5.74, 6) is 0. The van der Waals surface area contributed by atoms with Gasteiger partial charge in [-0.05, 0) is 53.8 Å². The average Bonchev–Trinajstić information content (AvgIpc) is 3.43. The fourth-order valence-corrected chi connectivity index (χ4v) is 5.68. The molecule has 0 aliphatic heterocycles. The Hall–Kier alpha value is -2.87. The second-order valence-electron chi connectivity index (χ2n) is 10.7. The predicted octanol–water partition coefficient (Wildman–Crippen LogP) is 4.80. The summed E-state index contributed by atoms with van der Waals surface area (Å²) < 4.78 is 8.04. The van der Waals surface area contributed by atoms with Gasteiger partial charge in [0.2, 0.25) is 0 Å². The van der Waals surface area contributed by atoms with Gasteiger partial charge in [-0.3, -0.25) is 4.98 Å². The normalized spacial score (nSPS) is 17.9. The lowest BCUT2D eigenvalue weighted by Crippen LogP contribution is -2.36. The number of nitrogens with two attached hydrogens (primary N) is 1. The van der Waals surface area contributed by atoms with E-state index >= 15 is 0 Å². The zero-order valence-corrected chi connectivity index (χ0v) is 21.3. The lowest BCUT2D eigenvalue weighted by atomic mass is 9.77. The lowest BCUT2D eigenvalue weighted by molar-refractivity contribution is 0.0899. The SMILES string of the molecule is C[Si](C)(C)CCOCn1ccc2c(-c3cccc(C4(CN)Cc5ccncc5C4)c3)ncnc21. The number of rotatable bonds is 8. The molecule has 0 saturated heterocycles. The smallest absolute Gasteiger partial charge is 0.145 e. The fourth-order valence-electron chi connectivity index (χ4n) is 4.92. The van der Waals surface area contributed by atoms with Crippen molar-refractivity contribution in [3.05, 3.63) is 78.0 Å². The Morgan fingerprint density at radius 3 is 2.74 bits per heavy atom. The maximum Gasteiger partial charge on any atom is 0.145 e. The van der Waals surface area contributed by atoms with Gasteiger partial charge >= 0.3 is 0 Å². The molecular weight excluding hydrogens is 438 g/mol. The van der Waals surface area contributed by atoms with E-state index in [0.29, 0.717) is 13.3 Å². The molecule has 176 valence electrons. The molecule has 3 aromatic heterocycles. The molecule has 0 amide bonds. The van der Waals surface area contributed by atoms with Gasteiger partial charge in [-0.1, -0.05) is 37.8 Å². The van der Waals surface area contributed by atoms with Crippen molar-refractivity contribution in [2.75, 3.05) is 13.2 Å². The van der Waals surface area contributed by atoms with Crippen LogP contribution in [0.3, 0.4) is 0 Å². The van der Waals surface area contributed by atoms with Gasteiger partial charge in [0.25, 0.3) is 0 Å². The van der Waals surface area contributed by atoms with Gasteiger partial charge in [0.15, 0.2) is 0 Å². The second-order valence-corrected chi connectivity index (χ2v) is 16.3. The van der Waals surface area contributed by atoms with E-state index in [9.17, 15) is 0 Å². The zero-order valence-electron chi connectivity index (χ0n) is 20.3. The van der Waals surface area contributed by atoms with Crippen LogP contribution in [-0.4, -0.2) is 40.7 Å². The molecule has 0 bridgehead atoms. The number of aromatic nitrogens is 4. The van der Waals surface area contributed by atoms with Crippen molar-refractivity contribution in [2.24, 2.45) is 5.73 Å². The first-order valence-electron chi connectivity index (χ1n) is 12.0. The maximum atomic E-state index is 6.39. The molecule has 1 atom stereocenters. The van der Waals surface area contributed by atoms with E-state index in [2.05, 4.69) is 75.6 Å². The third kappa shape index (κ3) is 4.43. The summed E-state index contributed by atoms with van der Waals surface area (Å²) in [6, 6.07) is 14.1. The first-order valence-corrected chi connectivity index (χ1v) is 15.7. The van der Waals surface area contributed by atoms with E-state index in [1.807, 2.05) is 18.6 Å². The highest BCUT2D eigenvalue weighted by Gasteiger charge is 2.38. The Bertz CT molecular complexity index is 1280. The fraction of sp³-hybridized carbons (Fsp3) is 0.370. The molecule has 34 heavy (non-hydrogen) atoms. The molecule has 0 saturated carbocycles. The monoisotopic (exact) mass is 471 g/mol. The van der Waals surface area contributed by atoms with Crippen molar-refractivity contribution in [3.8, 4) is 11.3 Å². The summed E-state index contributed by atoms with van der Waals surface area (Å²) in [5, 5.41) is 1.04. The van der Waals surface area contributed by atoms with Gasteiger partial charge < -0.3 is 15.0 Å². The first kappa shape index (κ1) is 22.9. The van der Waals surface area contributed by atoms with Gasteiger partial charge in [-0.15, -0.1) is 0 Å². The standard InChI is InChI=1S/C27H33N5OSi/c1-34(2,3)12-11-33-19-32-10-8-24-25(30-18-31-26(24)32)20-5-4-6-23(13-20)27(17-28)14-21-7-9-29-16-22(21)15-27/h4-10,13,16,18H,11-12,14-15,17,19,28H2,1-3H3. The largest absolute Gasteiger partial charge is 0.361 e. The van der Waals surface area contributed by atoms with Gasteiger partial charge in [0.05, 0.1) is 5.69 Å². The maximum absolute atomic E-state index is 6.39. The second kappa shape index (κ2) is 9.06. The summed E-state index contributed by atoms with van der Waals surface area (Å²) in [6.45, 7) is 8.98. The van der Waals surface area contributed by atoms with Gasteiger partial charge in [-0.25, -0.2) is 9.97 Å².